The number of halogens is 1. The van der Waals surface area contributed by atoms with Crippen LogP contribution in [-0.4, -0.2) is 34.5 Å². The Bertz CT molecular complexity index is 472. The van der Waals surface area contributed by atoms with Crippen LogP contribution in [0.3, 0.4) is 0 Å². The summed E-state index contributed by atoms with van der Waals surface area (Å²) in [5, 5.41) is 9.61. The zero-order chi connectivity index (χ0) is 13.3. The molecule has 0 aromatic heterocycles. The van der Waals surface area contributed by atoms with Crippen LogP contribution in [0.2, 0.25) is 5.02 Å². The highest BCUT2D eigenvalue weighted by Gasteiger charge is 2.38. The highest BCUT2D eigenvalue weighted by atomic mass is 35.5. The van der Waals surface area contributed by atoms with Crippen molar-refractivity contribution in [3.8, 4) is 0 Å². The molecular weight excluding hydrogens is 254 g/mol. The second-order valence-corrected chi connectivity index (χ2v) is 4.92. The van der Waals surface area contributed by atoms with Gasteiger partial charge in [-0.15, -0.1) is 0 Å². The Hall–Kier alpha value is -1.55. The first-order valence-electron chi connectivity index (χ1n) is 5.80. The largest absolute Gasteiger partial charge is 0.481 e. The highest BCUT2D eigenvalue weighted by molar-refractivity contribution is 6.30. The smallest absolute Gasteiger partial charge is 0.308 e. The van der Waals surface area contributed by atoms with Crippen LogP contribution in [0.15, 0.2) is 24.3 Å². The molecule has 1 fully saturated rings. The molecule has 2 unspecified atom stereocenters. The van der Waals surface area contributed by atoms with Gasteiger partial charge < -0.3 is 10.0 Å². The van der Waals surface area contributed by atoms with E-state index in [4.69, 9.17) is 16.7 Å². The van der Waals surface area contributed by atoms with Crippen molar-refractivity contribution >= 4 is 23.5 Å². The zero-order valence-corrected chi connectivity index (χ0v) is 10.7. The number of carboxylic acid groups (broad SMARTS) is 1. The maximum Gasteiger partial charge on any atom is 0.308 e. The number of hydrogen-bond donors (Lipinski definition) is 1. The lowest BCUT2D eigenvalue weighted by atomic mass is 10.0. The second-order valence-electron chi connectivity index (χ2n) is 4.48. The molecule has 1 aliphatic heterocycles. The molecule has 0 spiro atoms. The molecule has 1 aliphatic rings. The number of rotatable bonds is 2. The molecule has 18 heavy (non-hydrogen) atoms. The number of likely N-dealkylation sites (tertiary alicyclic amines) is 1. The molecule has 1 saturated heterocycles. The second kappa shape index (κ2) is 4.98. The van der Waals surface area contributed by atoms with Gasteiger partial charge in [0, 0.05) is 23.2 Å². The van der Waals surface area contributed by atoms with Crippen molar-refractivity contribution in [1.82, 2.24) is 4.90 Å². The molecule has 0 radical (unpaired) electrons. The maximum atomic E-state index is 12.2. The van der Waals surface area contributed by atoms with Crippen LogP contribution in [0.25, 0.3) is 0 Å². The minimum Gasteiger partial charge on any atom is -0.481 e. The van der Waals surface area contributed by atoms with Crippen molar-refractivity contribution in [2.45, 2.75) is 19.4 Å². The number of nitrogens with zero attached hydrogens (tertiary/aromatic N) is 1. The van der Waals surface area contributed by atoms with E-state index in [0.717, 1.165) is 0 Å². The predicted molar refractivity (Wildman–Crippen MR) is 67.7 cm³/mol. The summed E-state index contributed by atoms with van der Waals surface area (Å²) in [5.41, 5.74) is 0.539. The van der Waals surface area contributed by atoms with Crippen LogP contribution >= 0.6 is 11.6 Å². The number of carboxylic acids is 1. The monoisotopic (exact) mass is 267 g/mol. The average Bonchev–Trinajstić information content (AvgIpc) is 2.71. The third-order valence-corrected chi connectivity index (χ3v) is 3.68. The van der Waals surface area contributed by atoms with Gasteiger partial charge in [-0.05, 0) is 37.6 Å². The number of hydrogen-bond acceptors (Lipinski definition) is 2. The quantitative estimate of drug-likeness (QED) is 0.894. The lowest BCUT2D eigenvalue weighted by Gasteiger charge is -2.23. The van der Waals surface area contributed by atoms with Crippen LogP contribution < -0.4 is 0 Å². The molecule has 2 rings (SSSR count). The minimum absolute atomic E-state index is 0.136. The fraction of sp³-hybridized carbons (Fsp3) is 0.385. The molecule has 1 amide bonds. The molecule has 96 valence electrons. The van der Waals surface area contributed by atoms with Gasteiger partial charge in [-0.3, -0.25) is 9.59 Å². The van der Waals surface area contributed by atoms with E-state index in [1.807, 2.05) is 0 Å². The van der Waals surface area contributed by atoms with Gasteiger partial charge in [0.15, 0.2) is 0 Å². The van der Waals surface area contributed by atoms with Crippen LogP contribution in [-0.2, 0) is 4.79 Å². The fourth-order valence-electron chi connectivity index (χ4n) is 2.31. The third kappa shape index (κ3) is 2.34. The molecule has 1 N–H and O–H groups in total. The maximum absolute atomic E-state index is 12.2. The molecular formula is C13H14ClNO3. The summed E-state index contributed by atoms with van der Waals surface area (Å²) in [6.45, 7) is 2.26. The topological polar surface area (TPSA) is 57.6 Å². The van der Waals surface area contributed by atoms with Gasteiger partial charge in [0.2, 0.25) is 0 Å². The van der Waals surface area contributed by atoms with Crippen LogP contribution in [0.4, 0.5) is 0 Å². The number of carbonyl (C=O) groups excluding carboxylic acids is 1. The van der Waals surface area contributed by atoms with Gasteiger partial charge in [0.05, 0.1) is 5.92 Å². The molecule has 2 atom stereocenters. The van der Waals surface area contributed by atoms with Crippen molar-refractivity contribution < 1.29 is 14.7 Å². The first-order chi connectivity index (χ1) is 8.50. The summed E-state index contributed by atoms with van der Waals surface area (Å²) in [4.78, 5) is 24.8. The molecule has 0 bridgehead atoms. The van der Waals surface area contributed by atoms with E-state index in [1.54, 1.807) is 36.1 Å². The van der Waals surface area contributed by atoms with Crippen molar-refractivity contribution in [3.63, 3.8) is 0 Å². The van der Waals surface area contributed by atoms with Gasteiger partial charge in [-0.1, -0.05) is 11.6 Å². The summed E-state index contributed by atoms with van der Waals surface area (Å²) in [6, 6.07) is 6.36. The van der Waals surface area contributed by atoms with Crippen molar-refractivity contribution in [2.24, 2.45) is 5.92 Å². The lowest BCUT2D eigenvalue weighted by Crippen LogP contribution is -2.37. The van der Waals surface area contributed by atoms with Crippen LogP contribution in [0.5, 0.6) is 0 Å². The number of carbonyl (C=O) groups is 2. The summed E-state index contributed by atoms with van der Waals surface area (Å²) in [5.74, 6) is -1.45. The Kier molecular flexibility index (Phi) is 3.57. The third-order valence-electron chi connectivity index (χ3n) is 3.42. The molecule has 1 aromatic carbocycles. The first kappa shape index (κ1) is 12.9. The van der Waals surface area contributed by atoms with Crippen LogP contribution in [0, 0.1) is 5.92 Å². The Morgan fingerprint density at radius 3 is 2.44 bits per heavy atom. The summed E-state index contributed by atoms with van der Waals surface area (Å²) >= 11 is 5.77. The normalized spacial score (nSPS) is 23.1. The Morgan fingerprint density at radius 2 is 1.94 bits per heavy atom. The van der Waals surface area contributed by atoms with Gasteiger partial charge in [0.1, 0.15) is 0 Å². The molecule has 0 saturated carbocycles. The molecule has 1 heterocycles. The Labute approximate surface area is 110 Å². The van der Waals surface area contributed by atoms with Gasteiger partial charge in [-0.25, -0.2) is 0 Å². The number of amides is 1. The number of benzene rings is 1. The van der Waals surface area contributed by atoms with E-state index in [2.05, 4.69) is 0 Å². The lowest BCUT2D eigenvalue weighted by molar-refractivity contribution is -0.142. The molecule has 0 aliphatic carbocycles. The summed E-state index contributed by atoms with van der Waals surface area (Å²) < 4.78 is 0. The highest BCUT2D eigenvalue weighted by Crippen LogP contribution is 2.26. The first-order valence-corrected chi connectivity index (χ1v) is 6.18. The van der Waals surface area contributed by atoms with E-state index in [1.165, 1.54) is 0 Å². The van der Waals surface area contributed by atoms with Gasteiger partial charge in [0.25, 0.3) is 5.91 Å². The Morgan fingerprint density at radius 1 is 1.33 bits per heavy atom. The van der Waals surface area contributed by atoms with Gasteiger partial charge >= 0.3 is 5.97 Å². The van der Waals surface area contributed by atoms with Crippen molar-refractivity contribution in [2.75, 3.05) is 6.54 Å². The molecule has 4 nitrogen and oxygen atoms in total. The SMILES string of the molecule is CC1C(C(=O)O)CCN1C(=O)c1ccc(Cl)cc1. The number of aliphatic carboxylic acids is 1. The van der Waals surface area contributed by atoms with Crippen molar-refractivity contribution in [3.05, 3.63) is 34.9 Å². The van der Waals surface area contributed by atoms with E-state index in [-0.39, 0.29) is 11.9 Å². The fourth-order valence-corrected chi connectivity index (χ4v) is 2.44. The Balaban J connectivity index is 2.15. The van der Waals surface area contributed by atoms with E-state index >= 15 is 0 Å². The van der Waals surface area contributed by atoms with Gasteiger partial charge in [-0.2, -0.15) is 0 Å². The zero-order valence-electron chi connectivity index (χ0n) is 9.97. The summed E-state index contributed by atoms with van der Waals surface area (Å²) in [7, 11) is 0. The van der Waals surface area contributed by atoms with Crippen LogP contribution in [0.1, 0.15) is 23.7 Å². The minimum atomic E-state index is -0.839. The van der Waals surface area contributed by atoms with E-state index in [9.17, 15) is 9.59 Å². The average molecular weight is 268 g/mol. The predicted octanol–water partition coefficient (Wildman–Crippen LogP) is 2.28. The summed E-state index contributed by atoms with van der Waals surface area (Å²) in [6.07, 6.45) is 0.510. The standard InChI is InChI=1S/C13H14ClNO3/c1-8-11(13(17)18)6-7-15(8)12(16)9-2-4-10(14)5-3-9/h2-5,8,11H,6-7H2,1H3,(H,17,18). The molecule has 1 aromatic rings. The van der Waals surface area contributed by atoms with E-state index in [0.29, 0.717) is 23.6 Å². The van der Waals surface area contributed by atoms with E-state index < -0.39 is 11.9 Å². The van der Waals surface area contributed by atoms with Crippen molar-refractivity contribution in [1.29, 1.82) is 0 Å². The molecule has 5 heteroatoms.